The summed E-state index contributed by atoms with van der Waals surface area (Å²) in [5.41, 5.74) is 2.44. The fourth-order valence-electron chi connectivity index (χ4n) is 4.08. The van der Waals surface area contributed by atoms with Crippen LogP contribution in [0.15, 0.2) is 28.4 Å². The summed E-state index contributed by atoms with van der Waals surface area (Å²) in [6.07, 6.45) is 1.81. The summed E-state index contributed by atoms with van der Waals surface area (Å²) >= 11 is 0. The number of esters is 1. The Labute approximate surface area is 175 Å². The van der Waals surface area contributed by atoms with Crippen LogP contribution >= 0.6 is 0 Å². The number of phenols is 1. The Morgan fingerprint density at radius 3 is 2.40 bits per heavy atom. The minimum Gasteiger partial charge on any atom is -0.502 e. The molecule has 162 valence electrons. The van der Waals surface area contributed by atoms with Gasteiger partial charge in [-0.25, -0.2) is 0 Å². The number of methoxy groups -OCH3 is 3. The number of aliphatic imine (C=N–C) groups is 1. The topological polar surface area (TPSA) is 104 Å². The van der Waals surface area contributed by atoms with Gasteiger partial charge in [0.25, 0.3) is 0 Å². The van der Waals surface area contributed by atoms with Crippen LogP contribution in [-0.2, 0) is 19.1 Å². The Bertz CT molecular complexity index is 878. The van der Waals surface area contributed by atoms with E-state index in [9.17, 15) is 14.7 Å². The van der Waals surface area contributed by atoms with Crippen LogP contribution in [0.25, 0.3) is 0 Å². The lowest BCUT2D eigenvalue weighted by molar-refractivity contribution is -0.147. The summed E-state index contributed by atoms with van der Waals surface area (Å²) in [6.45, 7) is 2.15. The van der Waals surface area contributed by atoms with Crippen molar-refractivity contribution in [3.63, 3.8) is 0 Å². The molecular weight excluding hydrogens is 390 g/mol. The van der Waals surface area contributed by atoms with Crippen LogP contribution in [0, 0.1) is 5.92 Å². The molecule has 0 spiro atoms. The minimum absolute atomic E-state index is 0.0294. The number of carbonyl (C=O) groups is 2. The predicted molar refractivity (Wildman–Crippen MR) is 109 cm³/mol. The Morgan fingerprint density at radius 2 is 1.80 bits per heavy atom. The number of phenolic OH excluding ortho intramolecular Hbond substituents is 1. The van der Waals surface area contributed by atoms with Gasteiger partial charge in [0.05, 0.1) is 20.8 Å². The number of aromatic hydroxyl groups is 1. The number of nitrogens with zero attached hydrogens (tertiary/aromatic N) is 1. The second-order valence-corrected chi connectivity index (χ2v) is 7.28. The van der Waals surface area contributed by atoms with Gasteiger partial charge in [-0.1, -0.05) is 0 Å². The molecule has 0 saturated heterocycles. The normalized spacial score (nSPS) is 21.1. The monoisotopic (exact) mass is 417 g/mol. The summed E-state index contributed by atoms with van der Waals surface area (Å²) in [4.78, 5) is 30.5. The molecule has 8 heteroatoms. The van der Waals surface area contributed by atoms with Gasteiger partial charge in [0.2, 0.25) is 5.75 Å². The second kappa shape index (κ2) is 9.30. The Balaban J connectivity index is 2.14. The van der Waals surface area contributed by atoms with E-state index in [2.05, 4.69) is 4.99 Å². The maximum Gasteiger partial charge on any atom is 0.315 e. The van der Waals surface area contributed by atoms with Gasteiger partial charge >= 0.3 is 5.97 Å². The fraction of sp³-hybridized carbons (Fsp3) is 0.500. The third-order valence-corrected chi connectivity index (χ3v) is 5.48. The molecule has 2 aliphatic rings. The number of hydrogen-bond donors (Lipinski definition) is 1. The van der Waals surface area contributed by atoms with Crippen molar-refractivity contribution in [3.8, 4) is 17.2 Å². The zero-order chi connectivity index (χ0) is 21.8. The van der Waals surface area contributed by atoms with E-state index in [0.717, 1.165) is 6.42 Å². The van der Waals surface area contributed by atoms with Crippen molar-refractivity contribution < 1.29 is 33.6 Å². The van der Waals surface area contributed by atoms with E-state index in [-0.39, 0.29) is 36.2 Å². The number of carbonyl (C=O) groups excluding carboxylic acids is 2. The first-order valence-electron chi connectivity index (χ1n) is 9.84. The highest BCUT2D eigenvalue weighted by Gasteiger charge is 2.43. The molecule has 1 heterocycles. The largest absolute Gasteiger partial charge is 0.502 e. The highest BCUT2D eigenvalue weighted by atomic mass is 16.6. The quantitative estimate of drug-likeness (QED) is 0.537. The molecule has 30 heavy (non-hydrogen) atoms. The maximum absolute atomic E-state index is 13.0. The Kier molecular flexibility index (Phi) is 6.77. The maximum atomic E-state index is 13.0. The number of ether oxygens (including phenoxy) is 4. The molecule has 1 N–H and O–H groups in total. The first-order chi connectivity index (χ1) is 14.4. The number of benzene rings is 1. The van der Waals surface area contributed by atoms with Gasteiger partial charge in [0.15, 0.2) is 17.3 Å². The highest BCUT2D eigenvalue weighted by molar-refractivity contribution is 6.08. The molecule has 0 fully saturated rings. The van der Waals surface area contributed by atoms with Crippen molar-refractivity contribution in [3.05, 3.63) is 29.0 Å². The third kappa shape index (κ3) is 4.05. The summed E-state index contributed by atoms with van der Waals surface area (Å²) < 4.78 is 20.9. The molecule has 0 amide bonds. The van der Waals surface area contributed by atoms with E-state index in [4.69, 9.17) is 18.9 Å². The molecule has 3 rings (SSSR count). The van der Waals surface area contributed by atoms with Gasteiger partial charge in [-0.15, -0.1) is 0 Å². The van der Waals surface area contributed by atoms with E-state index >= 15 is 0 Å². The minimum atomic E-state index is -0.776. The van der Waals surface area contributed by atoms with Crippen molar-refractivity contribution in [2.75, 3.05) is 34.5 Å². The summed E-state index contributed by atoms with van der Waals surface area (Å²) in [5, 5.41) is 10.3. The lowest BCUT2D eigenvalue weighted by Gasteiger charge is -2.34. The molecule has 0 radical (unpaired) electrons. The Morgan fingerprint density at radius 1 is 1.13 bits per heavy atom. The second-order valence-electron chi connectivity index (χ2n) is 7.28. The molecule has 1 aliphatic carbocycles. The molecule has 1 aliphatic heterocycles. The van der Waals surface area contributed by atoms with E-state index in [1.807, 2.05) is 0 Å². The lowest BCUT2D eigenvalue weighted by atomic mass is 9.71. The lowest BCUT2D eigenvalue weighted by Crippen LogP contribution is -2.37. The van der Waals surface area contributed by atoms with Crippen molar-refractivity contribution in [2.24, 2.45) is 10.9 Å². The molecule has 0 bridgehead atoms. The molecule has 0 saturated carbocycles. The van der Waals surface area contributed by atoms with Crippen LogP contribution in [0.1, 0.15) is 37.7 Å². The third-order valence-electron chi connectivity index (χ3n) is 5.48. The zero-order valence-electron chi connectivity index (χ0n) is 17.7. The van der Waals surface area contributed by atoms with Crippen LogP contribution in [0.2, 0.25) is 0 Å². The average Bonchev–Trinajstić information content (AvgIpc) is 2.73. The van der Waals surface area contributed by atoms with Crippen molar-refractivity contribution in [2.45, 2.75) is 32.1 Å². The SMILES string of the molecule is COCCOC(=O)C1C(C)=NC2=C(C(=O)CCC2)[C@@H]1c1cc(OC)c(O)c(OC)c1. The molecule has 2 atom stereocenters. The predicted octanol–water partition coefficient (Wildman–Crippen LogP) is 2.78. The summed E-state index contributed by atoms with van der Waals surface area (Å²) in [6, 6.07) is 3.26. The van der Waals surface area contributed by atoms with E-state index in [0.29, 0.717) is 35.4 Å². The van der Waals surface area contributed by atoms with Gasteiger partial charge in [-0.05, 0) is 37.5 Å². The first kappa shape index (κ1) is 21.8. The number of rotatable bonds is 7. The van der Waals surface area contributed by atoms with E-state index in [1.54, 1.807) is 19.1 Å². The van der Waals surface area contributed by atoms with Gasteiger partial charge in [0, 0.05) is 36.4 Å². The van der Waals surface area contributed by atoms with Gasteiger partial charge in [0.1, 0.15) is 12.5 Å². The van der Waals surface area contributed by atoms with Crippen molar-refractivity contribution >= 4 is 17.5 Å². The smallest absolute Gasteiger partial charge is 0.315 e. The van der Waals surface area contributed by atoms with Crippen LogP contribution < -0.4 is 9.47 Å². The van der Waals surface area contributed by atoms with Crippen LogP contribution in [0.5, 0.6) is 17.2 Å². The molecular formula is C22H27NO7. The first-order valence-corrected chi connectivity index (χ1v) is 9.84. The van der Waals surface area contributed by atoms with Crippen molar-refractivity contribution in [1.29, 1.82) is 0 Å². The molecule has 1 aromatic carbocycles. The Hall–Kier alpha value is -2.87. The van der Waals surface area contributed by atoms with Crippen molar-refractivity contribution in [1.82, 2.24) is 0 Å². The van der Waals surface area contributed by atoms with E-state index in [1.165, 1.54) is 21.3 Å². The van der Waals surface area contributed by atoms with Crippen LogP contribution in [0.4, 0.5) is 0 Å². The summed E-state index contributed by atoms with van der Waals surface area (Å²) in [7, 11) is 4.38. The fourth-order valence-corrected chi connectivity index (χ4v) is 4.08. The van der Waals surface area contributed by atoms with Crippen LogP contribution in [0.3, 0.4) is 0 Å². The molecule has 1 aromatic rings. The number of hydrogen-bond acceptors (Lipinski definition) is 8. The zero-order valence-corrected chi connectivity index (χ0v) is 17.7. The van der Waals surface area contributed by atoms with E-state index < -0.39 is 17.8 Å². The average molecular weight is 417 g/mol. The summed E-state index contributed by atoms with van der Waals surface area (Å²) in [5.74, 6) is -1.64. The molecule has 8 nitrogen and oxygen atoms in total. The van der Waals surface area contributed by atoms with Gasteiger partial charge < -0.3 is 24.1 Å². The number of allylic oxidation sites excluding steroid dienone is 2. The number of Topliss-reactive ketones (excluding diaryl/α,β-unsaturated/α-hetero) is 1. The molecule has 0 aromatic heterocycles. The van der Waals surface area contributed by atoms with Crippen LogP contribution in [-0.4, -0.2) is 57.1 Å². The van der Waals surface area contributed by atoms with Gasteiger partial charge in [-0.3, -0.25) is 14.6 Å². The molecule has 1 unspecified atom stereocenters. The number of ketones is 1. The van der Waals surface area contributed by atoms with Gasteiger partial charge in [-0.2, -0.15) is 0 Å². The highest BCUT2D eigenvalue weighted by Crippen LogP contribution is 2.47. The standard InChI is InChI=1S/C22H27NO7/c1-12-18(22(26)30-9-8-27-2)19(20-14(23-12)6-5-7-15(20)24)13-10-16(28-3)21(25)17(11-13)29-4/h10-11,18-19,25H,5-9H2,1-4H3/t18?,19-/m1/s1.